The van der Waals surface area contributed by atoms with Gasteiger partial charge in [0.1, 0.15) is 11.9 Å². The Hall–Kier alpha value is -1.11. The van der Waals surface area contributed by atoms with Gasteiger partial charge in [0, 0.05) is 13.0 Å². The molecule has 1 aromatic carbocycles. The fourth-order valence-electron chi connectivity index (χ4n) is 2.76. The molecule has 0 N–H and O–H groups in total. The van der Waals surface area contributed by atoms with Gasteiger partial charge in [-0.25, -0.2) is 0 Å². The van der Waals surface area contributed by atoms with Crippen LogP contribution in [0.3, 0.4) is 0 Å². The molecule has 1 unspecified atom stereocenters. The highest BCUT2D eigenvalue weighted by molar-refractivity contribution is 6.74. The van der Waals surface area contributed by atoms with Gasteiger partial charge in [-0.3, -0.25) is 0 Å². The van der Waals surface area contributed by atoms with Crippen LogP contribution in [0.25, 0.3) is 0 Å². The Labute approximate surface area is 186 Å². The van der Waals surface area contributed by atoms with Gasteiger partial charge in [0.05, 0.1) is 19.8 Å². The van der Waals surface area contributed by atoms with Crippen molar-refractivity contribution in [3.8, 4) is 18.1 Å². The fraction of sp³-hybridized carbons (Fsp3) is 0.667. The van der Waals surface area contributed by atoms with E-state index in [9.17, 15) is 0 Å². The van der Waals surface area contributed by atoms with Crippen LogP contribution >= 0.6 is 0 Å². The summed E-state index contributed by atoms with van der Waals surface area (Å²) in [5.74, 6) is 3.69. The Morgan fingerprint density at radius 1 is 1.00 bits per heavy atom. The van der Waals surface area contributed by atoms with E-state index in [1.54, 1.807) is 7.11 Å². The second-order valence-corrected chi connectivity index (χ2v) is 19.5. The van der Waals surface area contributed by atoms with E-state index in [1.807, 2.05) is 24.3 Å². The highest BCUT2D eigenvalue weighted by Crippen LogP contribution is 2.38. The van der Waals surface area contributed by atoms with Gasteiger partial charge in [-0.2, -0.15) is 0 Å². The summed E-state index contributed by atoms with van der Waals surface area (Å²) >= 11 is 0. The summed E-state index contributed by atoms with van der Waals surface area (Å²) in [5, 5.41) is 0.139. The zero-order valence-electron chi connectivity index (χ0n) is 20.5. The predicted octanol–water partition coefficient (Wildman–Crippen LogP) is 6.24. The van der Waals surface area contributed by atoms with Gasteiger partial charge in [0.2, 0.25) is 0 Å². The van der Waals surface area contributed by atoms with Crippen molar-refractivity contribution in [1.29, 1.82) is 0 Å². The largest absolute Gasteiger partial charge is 0.497 e. The maximum absolute atomic E-state index is 6.71. The normalized spacial score (nSPS) is 14.8. The highest BCUT2D eigenvalue weighted by Gasteiger charge is 2.39. The van der Waals surface area contributed by atoms with Crippen molar-refractivity contribution >= 4 is 16.6 Å². The highest BCUT2D eigenvalue weighted by atomic mass is 28.4. The molecule has 0 aromatic heterocycles. The van der Waals surface area contributed by atoms with Crippen molar-refractivity contribution in [2.24, 2.45) is 0 Å². The van der Waals surface area contributed by atoms with E-state index in [-0.39, 0.29) is 17.2 Å². The molecule has 1 rings (SSSR count). The van der Waals surface area contributed by atoms with Gasteiger partial charge < -0.3 is 18.3 Å². The van der Waals surface area contributed by atoms with E-state index in [2.05, 4.69) is 59.4 Å². The minimum atomic E-state index is -1.92. The van der Waals surface area contributed by atoms with Crippen LogP contribution in [0.1, 0.15) is 39.2 Å². The molecule has 4 nitrogen and oxygen atoms in total. The number of benzene rings is 1. The standard InChI is InChI=1S/C24H42O4Si2/c1-11-21(27-29(6,7)8)18-23(28-30(9,10)24(2,3)4)16-17-26-19-20-12-14-22(25-5)15-13-20/h1,12-15,21,23H,16-19H2,2-10H3/t21?,23-/m1/s1. The van der Waals surface area contributed by atoms with E-state index in [0.717, 1.165) is 17.7 Å². The maximum atomic E-state index is 6.71. The molecule has 0 bridgehead atoms. The van der Waals surface area contributed by atoms with Crippen LogP contribution < -0.4 is 4.74 Å². The average Bonchev–Trinajstić information content (AvgIpc) is 2.62. The quantitative estimate of drug-likeness (QED) is 0.215. The van der Waals surface area contributed by atoms with Crippen molar-refractivity contribution in [3.05, 3.63) is 29.8 Å². The Balaban J connectivity index is 2.72. The maximum Gasteiger partial charge on any atom is 0.192 e. The first-order valence-corrected chi connectivity index (χ1v) is 17.1. The average molecular weight is 451 g/mol. The van der Waals surface area contributed by atoms with Crippen LogP contribution in [-0.4, -0.2) is 42.6 Å². The summed E-state index contributed by atoms with van der Waals surface area (Å²) in [4.78, 5) is 0. The lowest BCUT2D eigenvalue weighted by molar-refractivity contribution is 0.0607. The molecular weight excluding hydrogens is 408 g/mol. The van der Waals surface area contributed by atoms with Crippen molar-refractivity contribution < 1.29 is 18.3 Å². The first-order valence-electron chi connectivity index (χ1n) is 10.8. The Morgan fingerprint density at radius 3 is 2.07 bits per heavy atom. The number of rotatable bonds is 12. The third-order valence-electron chi connectivity index (χ3n) is 5.44. The second-order valence-electron chi connectivity index (χ2n) is 10.3. The SMILES string of the molecule is C#CC(C[C@@H](CCOCc1ccc(OC)cc1)O[Si](C)(C)C(C)(C)C)O[Si](C)(C)C. The minimum absolute atomic E-state index is 0.0270. The molecule has 0 aliphatic heterocycles. The Bertz CT molecular complexity index is 666. The molecule has 0 saturated carbocycles. The molecule has 0 radical (unpaired) electrons. The van der Waals surface area contributed by atoms with E-state index in [1.165, 1.54) is 0 Å². The molecule has 6 heteroatoms. The van der Waals surface area contributed by atoms with Crippen LogP contribution in [0.2, 0.25) is 37.8 Å². The zero-order valence-corrected chi connectivity index (χ0v) is 22.5. The number of methoxy groups -OCH3 is 1. The van der Waals surface area contributed by atoms with E-state index < -0.39 is 16.6 Å². The number of hydrogen-bond acceptors (Lipinski definition) is 4. The van der Waals surface area contributed by atoms with Gasteiger partial charge in [-0.15, -0.1) is 6.42 Å². The molecule has 2 atom stereocenters. The molecule has 0 aliphatic rings. The van der Waals surface area contributed by atoms with Gasteiger partial charge in [-0.05, 0) is 61.9 Å². The van der Waals surface area contributed by atoms with Crippen LogP contribution in [0.5, 0.6) is 5.75 Å². The van der Waals surface area contributed by atoms with Gasteiger partial charge in [-0.1, -0.05) is 38.8 Å². The molecule has 30 heavy (non-hydrogen) atoms. The fourth-order valence-corrected chi connectivity index (χ4v) is 5.18. The number of terminal acetylenes is 1. The summed E-state index contributed by atoms with van der Waals surface area (Å²) in [6.07, 6.45) is 7.12. The number of hydrogen-bond donors (Lipinski definition) is 0. The first kappa shape index (κ1) is 26.9. The number of ether oxygens (including phenoxy) is 2. The van der Waals surface area contributed by atoms with Crippen molar-refractivity contribution in [1.82, 2.24) is 0 Å². The Kier molecular flexibility index (Phi) is 10.3. The topological polar surface area (TPSA) is 36.9 Å². The monoisotopic (exact) mass is 450 g/mol. The van der Waals surface area contributed by atoms with E-state index in [4.69, 9.17) is 24.7 Å². The van der Waals surface area contributed by atoms with Crippen molar-refractivity contribution in [2.75, 3.05) is 13.7 Å². The summed E-state index contributed by atoms with van der Waals surface area (Å²) in [5.41, 5.74) is 1.13. The third-order valence-corrected chi connectivity index (χ3v) is 11.0. The summed E-state index contributed by atoms with van der Waals surface area (Å²) in [7, 11) is -1.97. The smallest absolute Gasteiger partial charge is 0.192 e. The molecule has 0 amide bonds. The molecule has 1 aromatic rings. The van der Waals surface area contributed by atoms with Crippen LogP contribution in [-0.2, 0) is 20.2 Å². The van der Waals surface area contributed by atoms with Gasteiger partial charge in [0.25, 0.3) is 0 Å². The molecular formula is C24H42O4Si2. The van der Waals surface area contributed by atoms with Crippen LogP contribution in [0, 0.1) is 12.3 Å². The molecule has 0 heterocycles. The lowest BCUT2D eigenvalue weighted by Crippen LogP contribution is -2.45. The first-order chi connectivity index (χ1) is 13.8. The predicted molar refractivity (Wildman–Crippen MR) is 131 cm³/mol. The minimum Gasteiger partial charge on any atom is -0.497 e. The van der Waals surface area contributed by atoms with Gasteiger partial charge in [0.15, 0.2) is 16.6 Å². The molecule has 0 fully saturated rings. The van der Waals surface area contributed by atoms with Crippen molar-refractivity contribution in [3.63, 3.8) is 0 Å². The summed E-state index contributed by atoms with van der Waals surface area (Å²) in [6.45, 7) is 19.0. The Morgan fingerprint density at radius 2 is 1.60 bits per heavy atom. The molecule has 170 valence electrons. The summed E-state index contributed by atoms with van der Waals surface area (Å²) < 4.78 is 24.1. The lowest BCUT2D eigenvalue weighted by atomic mass is 10.1. The van der Waals surface area contributed by atoms with Crippen molar-refractivity contribution in [2.45, 2.75) is 90.2 Å². The van der Waals surface area contributed by atoms with Crippen LogP contribution in [0.15, 0.2) is 24.3 Å². The lowest BCUT2D eigenvalue weighted by Gasteiger charge is -2.40. The van der Waals surface area contributed by atoms with E-state index in [0.29, 0.717) is 19.6 Å². The van der Waals surface area contributed by atoms with E-state index >= 15 is 0 Å². The van der Waals surface area contributed by atoms with Gasteiger partial charge >= 0.3 is 0 Å². The zero-order chi connectivity index (χ0) is 23.0. The van der Waals surface area contributed by atoms with Crippen LogP contribution in [0.4, 0.5) is 0 Å². The third kappa shape index (κ3) is 9.80. The second kappa shape index (κ2) is 11.5. The molecule has 0 aliphatic carbocycles. The summed E-state index contributed by atoms with van der Waals surface area (Å²) in [6, 6.07) is 7.96. The molecule has 0 saturated heterocycles. The molecule has 0 spiro atoms.